The summed E-state index contributed by atoms with van der Waals surface area (Å²) in [6.45, 7) is 10.4. The first-order chi connectivity index (χ1) is 8.36. The van der Waals surface area contributed by atoms with Gasteiger partial charge in [0.15, 0.2) is 4.67 Å². The van der Waals surface area contributed by atoms with Crippen molar-refractivity contribution in [2.75, 3.05) is 13.1 Å². The van der Waals surface area contributed by atoms with Crippen molar-refractivity contribution < 1.29 is 4.42 Å². The standard InChI is InChI=1S/C13H22Br2N2O/c1-8(2)7-17(9(3)4)11(6-16)12-5-10(14)13(15)18-12/h5,8-9,11H,6-7,16H2,1-4H3. The van der Waals surface area contributed by atoms with Crippen molar-refractivity contribution in [2.45, 2.75) is 39.8 Å². The zero-order chi connectivity index (χ0) is 13.9. The topological polar surface area (TPSA) is 42.4 Å². The molecular formula is C13H22Br2N2O. The van der Waals surface area contributed by atoms with Crippen LogP contribution < -0.4 is 5.73 Å². The summed E-state index contributed by atoms with van der Waals surface area (Å²) >= 11 is 6.83. The van der Waals surface area contributed by atoms with Crippen LogP contribution in [0, 0.1) is 5.92 Å². The predicted molar refractivity (Wildman–Crippen MR) is 82.6 cm³/mol. The molecule has 5 heteroatoms. The Balaban J connectivity index is 2.97. The summed E-state index contributed by atoms with van der Waals surface area (Å²) in [4.78, 5) is 2.39. The quantitative estimate of drug-likeness (QED) is 0.803. The molecule has 0 aliphatic carbocycles. The lowest BCUT2D eigenvalue weighted by Gasteiger charge is -2.34. The Morgan fingerprint density at radius 1 is 1.28 bits per heavy atom. The number of nitrogens with zero attached hydrogens (tertiary/aromatic N) is 1. The number of rotatable bonds is 6. The third-order valence-corrected chi connectivity index (χ3v) is 4.57. The van der Waals surface area contributed by atoms with Gasteiger partial charge >= 0.3 is 0 Å². The van der Waals surface area contributed by atoms with E-state index in [1.54, 1.807) is 0 Å². The van der Waals surface area contributed by atoms with E-state index in [4.69, 9.17) is 10.2 Å². The fourth-order valence-electron chi connectivity index (χ4n) is 2.06. The second-order valence-electron chi connectivity index (χ2n) is 5.21. The average molecular weight is 382 g/mol. The van der Waals surface area contributed by atoms with E-state index < -0.39 is 0 Å². The number of furan rings is 1. The Bertz CT molecular complexity index is 358. The van der Waals surface area contributed by atoms with Crippen LogP contribution in [0.4, 0.5) is 0 Å². The molecular weight excluding hydrogens is 360 g/mol. The van der Waals surface area contributed by atoms with Gasteiger partial charge in [0.2, 0.25) is 0 Å². The van der Waals surface area contributed by atoms with Gasteiger partial charge in [-0.25, -0.2) is 0 Å². The van der Waals surface area contributed by atoms with E-state index in [1.165, 1.54) is 0 Å². The lowest BCUT2D eigenvalue weighted by molar-refractivity contribution is 0.122. The summed E-state index contributed by atoms with van der Waals surface area (Å²) in [6, 6.07) is 2.55. The third kappa shape index (κ3) is 4.08. The van der Waals surface area contributed by atoms with E-state index in [0.29, 0.717) is 18.5 Å². The molecule has 0 saturated heterocycles. The van der Waals surface area contributed by atoms with Crippen LogP contribution in [0.2, 0.25) is 0 Å². The normalized spacial score (nSPS) is 13.9. The molecule has 1 aromatic rings. The van der Waals surface area contributed by atoms with E-state index in [9.17, 15) is 0 Å². The Morgan fingerprint density at radius 2 is 1.89 bits per heavy atom. The van der Waals surface area contributed by atoms with Gasteiger partial charge in [0.05, 0.1) is 10.5 Å². The SMILES string of the molecule is CC(C)CN(C(C)C)C(CN)c1cc(Br)c(Br)o1. The van der Waals surface area contributed by atoms with E-state index in [2.05, 4.69) is 64.5 Å². The zero-order valence-electron chi connectivity index (χ0n) is 11.4. The fourth-order valence-corrected chi connectivity index (χ4v) is 2.67. The molecule has 0 spiro atoms. The summed E-state index contributed by atoms with van der Waals surface area (Å²) < 4.78 is 7.39. The molecule has 0 bridgehead atoms. The predicted octanol–water partition coefficient (Wildman–Crippen LogP) is 4.17. The van der Waals surface area contributed by atoms with Crippen molar-refractivity contribution in [3.63, 3.8) is 0 Å². The second kappa shape index (κ2) is 7.08. The highest BCUT2D eigenvalue weighted by Crippen LogP contribution is 2.32. The van der Waals surface area contributed by atoms with Crippen LogP contribution in [0.15, 0.2) is 19.6 Å². The maximum atomic E-state index is 5.95. The first kappa shape index (κ1) is 16.2. The molecule has 0 fully saturated rings. The van der Waals surface area contributed by atoms with Crippen LogP contribution in [0.25, 0.3) is 0 Å². The highest BCUT2D eigenvalue weighted by atomic mass is 79.9. The molecule has 1 atom stereocenters. The third-order valence-electron chi connectivity index (χ3n) is 2.86. The minimum absolute atomic E-state index is 0.120. The van der Waals surface area contributed by atoms with Gasteiger partial charge < -0.3 is 10.2 Å². The minimum atomic E-state index is 0.120. The van der Waals surface area contributed by atoms with Gasteiger partial charge in [-0.05, 0) is 57.7 Å². The monoisotopic (exact) mass is 380 g/mol. The van der Waals surface area contributed by atoms with Crippen LogP contribution in [0.1, 0.15) is 39.5 Å². The highest BCUT2D eigenvalue weighted by Gasteiger charge is 2.26. The first-order valence-corrected chi connectivity index (χ1v) is 7.86. The van der Waals surface area contributed by atoms with Gasteiger partial charge in [0.25, 0.3) is 0 Å². The van der Waals surface area contributed by atoms with Crippen molar-refractivity contribution in [3.8, 4) is 0 Å². The Hall–Kier alpha value is 0.160. The van der Waals surface area contributed by atoms with Crippen molar-refractivity contribution in [3.05, 3.63) is 21.0 Å². The Labute approximate surface area is 126 Å². The molecule has 0 aromatic carbocycles. The Morgan fingerprint density at radius 3 is 2.22 bits per heavy atom. The highest BCUT2D eigenvalue weighted by molar-refractivity contribution is 9.13. The van der Waals surface area contributed by atoms with Gasteiger partial charge in [-0.2, -0.15) is 0 Å². The molecule has 0 aliphatic rings. The zero-order valence-corrected chi connectivity index (χ0v) is 14.6. The van der Waals surface area contributed by atoms with Crippen molar-refractivity contribution in [1.82, 2.24) is 4.90 Å². The molecule has 0 radical (unpaired) electrons. The smallest absolute Gasteiger partial charge is 0.183 e. The van der Waals surface area contributed by atoms with Crippen molar-refractivity contribution in [1.29, 1.82) is 0 Å². The van der Waals surface area contributed by atoms with Gasteiger partial charge in [-0.1, -0.05) is 13.8 Å². The Kier molecular flexibility index (Phi) is 6.38. The molecule has 18 heavy (non-hydrogen) atoms. The maximum absolute atomic E-state index is 5.95. The number of hydrogen-bond donors (Lipinski definition) is 1. The number of halogens is 2. The van der Waals surface area contributed by atoms with Crippen molar-refractivity contribution >= 4 is 31.9 Å². The van der Waals surface area contributed by atoms with E-state index in [1.807, 2.05) is 6.07 Å². The van der Waals surface area contributed by atoms with Gasteiger partial charge in [-0.15, -0.1) is 0 Å². The average Bonchev–Trinajstić information content (AvgIpc) is 2.58. The van der Waals surface area contributed by atoms with Crippen LogP contribution in [-0.2, 0) is 0 Å². The molecule has 0 saturated carbocycles. The summed E-state index contributed by atoms with van der Waals surface area (Å²) in [5.74, 6) is 1.51. The fraction of sp³-hybridized carbons (Fsp3) is 0.692. The molecule has 104 valence electrons. The first-order valence-electron chi connectivity index (χ1n) is 6.27. The molecule has 1 unspecified atom stereocenters. The summed E-state index contributed by atoms with van der Waals surface area (Å²) in [6.07, 6.45) is 0. The molecule has 3 nitrogen and oxygen atoms in total. The molecule has 1 aromatic heterocycles. The van der Waals surface area contributed by atoms with Crippen LogP contribution in [0.3, 0.4) is 0 Å². The summed E-state index contributed by atoms with van der Waals surface area (Å²) in [5, 5.41) is 0. The number of hydrogen-bond acceptors (Lipinski definition) is 3. The van der Waals surface area contributed by atoms with E-state index in [-0.39, 0.29) is 6.04 Å². The lowest BCUT2D eigenvalue weighted by Crippen LogP contribution is -2.40. The van der Waals surface area contributed by atoms with Crippen molar-refractivity contribution in [2.24, 2.45) is 11.7 Å². The second-order valence-corrected chi connectivity index (χ2v) is 6.78. The summed E-state index contributed by atoms with van der Waals surface area (Å²) in [5.41, 5.74) is 5.95. The van der Waals surface area contributed by atoms with Gasteiger partial charge in [0.1, 0.15) is 5.76 Å². The van der Waals surface area contributed by atoms with Crippen LogP contribution >= 0.6 is 31.9 Å². The van der Waals surface area contributed by atoms with Crippen LogP contribution in [0.5, 0.6) is 0 Å². The lowest BCUT2D eigenvalue weighted by atomic mass is 10.1. The largest absolute Gasteiger partial charge is 0.451 e. The molecule has 2 N–H and O–H groups in total. The molecule has 0 aliphatic heterocycles. The minimum Gasteiger partial charge on any atom is -0.451 e. The van der Waals surface area contributed by atoms with E-state index in [0.717, 1.165) is 21.4 Å². The number of nitrogens with two attached hydrogens (primary N) is 1. The van der Waals surface area contributed by atoms with Crippen LogP contribution in [-0.4, -0.2) is 24.0 Å². The summed E-state index contributed by atoms with van der Waals surface area (Å²) in [7, 11) is 0. The molecule has 1 heterocycles. The maximum Gasteiger partial charge on any atom is 0.183 e. The van der Waals surface area contributed by atoms with Gasteiger partial charge in [-0.3, -0.25) is 4.90 Å². The van der Waals surface area contributed by atoms with E-state index >= 15 is 0 Å². The molecule has 0 amide bonds. The van der Waals surface area contributed by atoms with Gasteiger partial charge in [0, 0.05) is 19.1 Å². The molecule has 1 rings (SSSR count).